The highest BCUT2D eigenvalue weighted by Gasteiger charge is 2.22. The lowest BCUT2D eigenvalue weighted by Gasteiger charge is -2.29. The normalized spacial score (nSPS) is 13.6. The van der Waals surface area contributed by atoms with Gasteiger partial charge in [0.15, 0.2) is 0 Å². The zero-order chi connectivity index (χ0) is 20.2. The van der Waals surface area contributed by atoms with Crippen LogP contribution in [0.3, 0.4) is 0 Å². The van der Waals surface area contributed by atoms with Crippen molar-refractivity contribution < 1.29 is 5.02 Å². The fourth-order valence-electron chi connectivity index (χ4n) is 3.58. The fourth-order valence-corrected chi connectivity index (χ4v) is 3.77. The lowest BCUT2D eigenvalue weighted by molar-refractivity contribution is 0.243. The van der Waals surface area contributed by atoms with Crippen molar-refractivity contribution in [3.63, 3.8) is 0 Å². The number of aromatic nitrogens is 2. The van der Waals surface area contributed by atoms with E-state index in [2.05, 4.69) is 49.7 Å². The van der Waals surface area contributed by atoms with Crippen LogP contribution in [0.25, 0.3) is 0 Å². The van der Waals surface area contributed by atoms with Crippen molar-refractivity contribution >= 4 is 35.8 Å². The monoisotopic (exact) mass is 407 g/mol. The van der Waals surface area contributed by atoms with Crippen LogP contribution in [0, 0.1) is 0 Å². The summed E-state index contributed by atoms with van der Waals surface area (Å²) in [6.07, 6.45) is 0.836. The quantitative estimate of drug-likeness (QED) is 0.424. The van der Waals surface area contributed by atoms with Crippen molar-refractivity contribution in [2.75, 3.05) is 17.1 Å². The minimum atomic E-state index is -0.627. The summed E-state index contributed by atoms with van der Waals surface area (Å²) < 4.78 is 0. The molecule has 0 bridgehead atoms. The Labute approximate surface area is 176 Å². The third-order valence-electron chi connectivity index (χ3n) is 4.86. The van der Waals surface area contributed by atoms with E-state index in [1.54, 1.807) is 6.82 Å². The number of halogens is 1. The molecule has 8 heteroatoms. The summed E-state index contributed by atoms with van der Waals surface area (Å²) in [6.45, 7) is 4.26. The molecule has 0 saturated carbocycles. The topological polar surface area (TPSA) is 73.3 Å². The Morgan fingerprint density at radius 2 is 1.90 bits per heavy atom. The summed E-state index contributed by atoms with van der Waals surface area (Å²) in [7, 11) is -0.627. The number of nitrogens with one attached hydrogen (secondary N) is 2. The molecule has 6 nitrogen and oxygen atoms in total. The first-order valence-electron chi connectivity index (χ1n) is 9.70. The highest BCUT2D eigenvalue weighted by molar-refractivity contribution is 6.52. The second-order valence-corrected chi connectivity index (χ2v) is 7.58. The number of benzene rings is 2. The maximum atomic E-state index is 9.56. The van der Waals surface area contributed by atoms with Crippen LogP contribution in [0.15, 0.2) is 54.6 Å². The molecule has 4 rings (SSSR count). The van der Waals surface area contributed by atoms with E-state index >= 15 is 0 Å². The summed E-state index contributed by atoms with van der Waals surface area (Å²) in [4.78, 5) is 11.3. The second-order valence-electron chi connectivity index (χ2n) is 7.24. The SMILES string of the molecule is CB(O)Nc1cccc(Nc2nc(Cl)nc3c2CN(Cc2ccccc2)CC3)c1. The van der Waals surface area contributed by atoms with Crippen LogP contribution in [0.5, 0.6) is 0 Å². The zero-order valence-electron chi connectivity index (χ0n) is 16.3. The van der Waals surface area contributed by atoms with Crippen LogP contribution < -0.4 is 10.5 Å². The Balaban J connectivity index is 1.57. The number of fused-ring (bicyclic) bond motifs is 1. The van der Waals surface area contributed by atoms with E-state index < -0.39 is 7.05 Å². The number of hydrogen-bond acceptors (Lipinski definition) is 6. The van der Waals surface area contributed by atoms with Crippen LogP contribution >= 0.6 is 11.6 Å². The van der Waals surface area contributed by atoms with Crippen molar-refractivity contribution in [3.05, 3.63) is 76.7 Å². The maximum Gasteiger partial charge on any atom is 0.406 e. The van der Waals surface area contributed by atoms with E-state index in [0.717, 1.165) is 54.5 Å². The molecule has 2 heterocycles. The molecular weight excluding hydrogens is 385 g/mol. The van der Waals surface area contributed by atoms with Gasteiger partial charge in [-0.05, 0) is 42.2 Å². The number of hydrogen-bond donors (Lipinski definition) is 3. The molecule has 0 aliphatic carbocycles. The molecule has 148 valence electrons. The second kappa shape index (κ2) is 8.82. The smallest absolute Gasteiger partial charge is 0.406 e. The summed E-state index contributed by atoms with van der Waals surface area (Å²) in [6, 6.07) is 18.2. The van der Waals surface area contributed by atoms with E-state index in [1.165, 1.54) is 5.56 Å². The first-order valence-corrected chi connectivity index (χ1v) is 10.1. The van der Waals surface area contributed by atoms with Gasteiger partial charge in [0, 0.05) is 43.0 Å². The standard InChI is InChI=1S/C21H23BClN5O/c1-22(29)27-17-9-5-8-16(12-17)24-20-18-14-28(13-15-6-3-2-4-7-15)11-10-19(18)25-21(23)26-20/h2-9,12,27,29H,10-11,13-14H2,1H3,(H,24,25,26). The Bertz CT molecular complexity index is 986. The summed E-state index contributed by atoms with van der Waals surface area (Å²) >= 11 is 6.19. The van der Waals surface area contributed by atoms with Gasteiger partial charge in [0.1, 0.15) is 5.82 Å². The predicted molar refractivity (Wildman–Crippen MR) is 118 cm³/mol. The Morgan fingerprint density at radius 1 is 1.10 bits per heavy atom. The van der Waals surface area contributed by atoms with Crippen molar-refractivity contribution in [3.8, 4) is 0 Å². The maximum absolute atomic E-state index is 9.56. The fraction of sp³-hybridized carbons (Fsp3) is 0.238. The molecule has 3 N–H and O–H groups in total. The van der Waals surface area contributed by atoms with Gasteiger partial charge in [-0.3, -0.25) is 4.90 Å². The van der Waals surface area contributed by atoms with E-state index in [9.17, 15) is 5.02 Å². The average Bonchev–Trinajstić information content (AvgIpc) is 2.69. The van der Waals surface area contributed by atoms with Gasteiger partial charge < -0.3 is 15.6 Å². The minimum absolute atomic E-state index is 0.251. The number of nitrogens with zero attached hydrogens (tertiary/aromatic N) is 3. The molecule has 0 fully saturated rings. The molecule has 0 spiro atoms. The van der Waals surface area contributed by atoms with Gasteiger partial charge in [0.05, 0.1) is 5.69 Å². The minimum Gasteiger partial charge on any atom is -0.433 e. The first kappa shape index (κ1) is 19.7. The molecule has 0 atom stereocenters. The molecule has 1 aromatic heterocycles. The van der Waals surface area contributed by atoms with Crippen LogP contribution in [0.4, 0.5) is 17.2 Å². The van der Waals surface area contributed by atoms with Gasteiger partial charge in [-0.15, -0.1) is 0 Å². The van der Waals surface area contributed by atoms with Crippen molar-refractivity contribution in [2.45, 2.75) is 26.3 Å². The van der Waals surface area contributed by atoms with Crippen molar-refractivity contribution in [1.29, 1.82) is 0 Å². The lowest BCUT2D eigenvalue weighted by atomic mass is 9.88. The highest BCUT2D eigenvalue weighted by Crippen LogP contribution is 2.29. The molecule has 29 heavy (non-hydrogen) atoms. The first-order chi connectivity index (χ1) is 14.1. The molecule has 0 radical (unpaired) electrons. The molecule has 0 amide bonds. The van der Waals surface area contributed by atoms with Crippen LogP contribution in [-0.2, 0) is 19.5 Å². The lowest BCUT2D eigenvalue weighted by Crippen LogP contribution is -2.31. The van der Waals surface area contributed by atoms with E-state index in [1.807, 2.05) is 30.3 Å². The van der Waals surface area contributed by atoms with Gasteiger partial charge in [0.25, 0.3) is 0 Å². The predicted octanol–water partition coefficient (Wildman–Crippen LogP) is 3.95. The molecule has 0 saturated heterocycles. The van der Waals surface area contributed by atoms with Crippen LogP contribution in [-0.4, -0.2) is 33.5 Å². The molecule has 2 aromatic carbocycles. The van der Waals surface area contributed by atoms with Gasteiger partial charge in [0.2, 0.25) is 5.28 Å². The van der Waals surface area contributed by atoms with E-state index in [-0.39, 0.29) is 5.28 Å². The molecule has 1 aliphatic heterocycles. The largest absolute Gasteiger partial charge is 0.433 e. The summed E-state index contributed by atoms with van der Waals surface area (Å²) in [5.74, 6) is 0.729. The molecule has 1 aliphatic rings. The average molecular weight is 408 g/mol. The summed E-state index contributed by atoms with van der Waals surface area (Å²) in [5, 5.41) is 16.2. The Kier molecular flexibility index (Phi) is 5.99. The van der Waals surface area contributed by atoms with E-state index in [4.69, 9.17) is 11.6 Å². The van der Waals surface area contributed by atoms with Crippen LogP contribution in [0.2, 0.25) is 12.1 Å². The molecule has 0 unspecified atom stereocenters. The third kappa shape index (κ3) is 5.06. The van der Waals surface area contributed by atoms with E-state index in [0.29, 0.717) is 0 Å². The van der Waals surface area contributed by atoms with Gasteiger partial charge >= 0.3 is 7.05 Å². The molecule has 3 aromatic rings. The summed E-state index contributed by atoms with van der Waals surface area (Å²) in [5.41, 5.74) is 5.05. The molecular formula is C21H23BClN5O. The number of anilines is 3. The van der Waals surface area contributed by atoms with Crippen molar-refractivity contribution in [1.82, 2.24) is 14.9 Å². The van der Waals surface area contributed by atoms with Crippen LogP contribution in [0.1, 0.15) is 16.8 Å². The van der Waals surface area contributed by atoms with Gasteiger partial charge in [-0.25, -0.2) is 9.97 Å². The van der Waals surface area contributed by atoms with Gasteiger partial charge in [-0.1, -0.05) is 36.4 Å². The zero-order valence-corrected chi connectivity index (χ0v) is 17.0. The third-order valence-corrected chi connectivity index (χ3v) is 5.03. The Morgan fingerprint density at radius 3 is 2.69 bits per heavy atom. The van der Waals surface area contributed by atoms with Gasteiger partial charge in [-0.2, -0.15) is 0 Å². The number of rotatable bonds is 6. The Hall–Kier alpha value is -2.61. The highest BCUT2D eigenvalue weighted by atomic mass is 35.5. The van der Waals surface area contributed by atoms with Crippen molar-refractivity contribution in [2.24, 2.45) is 0 Å².